The van der Waals surface area contributed by atoms with Gasteiger partial charge in [-0.1, -0.05) is 17.7 Å². The molecule has 8 heteroatoms. The minimum Gasteiger partial charge on any atom is -0.326 e. The summed E-state index contributed by atoms with van der Waals surface area (Å²) in [6.45, 7) is 0.158. The van der Waals surface area contributed by atoms with Crippen LogP contribution in [0.1, 0.15) is 12.0 Å². The van der Waals surface area contributed by atoms with Crippen LogP contribution in [0, 0.1) is 5.92 Å². The van der Waals surface area contributed by atoms with E-state index in [9.17, 15) is 22.8 Å². The Hall–Kier alpha value is -2.54. The summed E-state index contributed by atoms with van der Waals surface area (Å²) in [5.41, 5.74) is -0.184. The van der Waals surface area contributed by atoms with Gasteiger partial charge in [0.1, 0.15) is 0 Å². The maximum atomic E-state index is 12.8. The second kappa shape index (κ2) is 6.99. The smallest absolute Gasteiger partial charge is 0.326 e. The van der Waals surface area contributed by atoms with Crippen molar-refractivity contribution in [1.82, 2.24) is 0 Å². The SMILES string of the molecule is O=C(Nc1cccc(C(F)(F)F)c1)C1CC(=O)N(c2ccc(Cl)cc2)C1. The van der Waals surface area contributed by atoms with Gasteiger partial charge in [-0.25, -0.2) is 0 Å². The molecule has 0 aromatic heterocycles. The van der Waals surface area contributed by atoms with Crippen molar-refractivity contribution in [3.8, 4) is 0 Å². The number of hydrogen-bond donors (Lipinski definition) is 1. The third-order valence-corrected chi connectivity index (χ3v) is 4.34. The van der Waals surface area contributed by atoms with E-state index in [-0.39, 0.29) is 24.6 Å². The third kappa shape index (κ3) is 3.99. The normalized spacial score (nSPS) is 17.5. The molecule has 4 nitrogen and oxygen atoms in total. The quantitative estimate of drug-likeness (QED) is 0.858. The van der Waals surface area contributed by atoms with E-state index in [1.165, 1.54) is 17.0 Å². The van der Waals surface area contributed by atoms with Crippen LogP contribution in [0.2, 0.25) is 5.02 Å². The zero-order chi connectivity index (χ0) is 18.9. The Balaban J connectivity index is 1.70. The van der Waals surface area contributed by atoms with Crippen LogP contribution in [0.4, 0.5) is 24.5 Å². The Bertz CT molecular complexity index is 837. The zero-order valence-electron chi connectivity index (χ0n) is 13.4. The van der Waals surface area contributed by atoms with Gasteiger partial charge in [-0.3, -0.25) is 9.59 Å². The average Bonchev–Trinajstić information content (AvgIpc) is 2.97. The van der Waals surface area contributed by atoms with Crippen molar-refractivity contribution in [3.63, 3.8) is 0 Å². The van der Waals surface area contributed by atoms with Crippen LogP contribution in [-0.2, 0) is 15.8 Å². The van der Waals surface area contributed by atoms with E-state index in [1.54, 1.807) is 24.3 Å². The molecule has 136 valence electrons. The second-order valence-electron chi connectivity index (χ2n) is 5.95. The fourth-order valence-corrected chi connectivity index (χ4v) is 2.90. The second-order valence-corrected chi connectivity index (χ2v) is 6.39. The number of nitrogens with one attached hydrogen (secondary N) is 1. The molecule has 26 heavy (non-hydrogen) atoms. The van der Waals surface area contributed by atoms with Crippen LogP contribution >= 0.6 is 11.6 Å². The fraction of sp³-hybridized carbons (Fsp3) is 0.222. The van der Waals surface area contributed by atoms with Crippen LogP contribution < -0.4 is 10.2 Å². The summed E-state index contributed by atoms with van der Waals surface area (Å²) in [5.74, 6) is -1.36. The van der Waals surface area contributed by atoms with Gasteiger partial charge in [-0.15, -0.1) is 0 Å². The number of benzene rings is 2. The van der Waals surface area contributed by atoms with Crippen molar-refractivity contribution in [2.75, 3.05) is 16.8 Å². The van der Waals surface area contributed by atoms with E-state index >= 15 is 0 Å². The van der Waals surface area contributed by atoms with E-state index < -0.39 is 23.6 Å². The molecule has 0 saturated carbocycles. The van der Waals surface area contributed by atoms with Gasteiger partial charge in [0.15, 0.2) is 0 Å². The molecule has 2 aromatic carbocycles. The molecule has 0 radical (unpaired) electrons. The summed E-state index contributed by atoms with van der Waals surface area (Å²) in [4.78, 5) is 26.0. The first-order chi connectivity index (χ1) is 12.2. The van der Waals surface area contributed by atoms with Crippen LogP contribution in [0.15, 0.2) is 48.5 Å². The van der Waals surface area contributed by atoms with Crippen molar-refractivity contribution in [2.24, 2.45) is 5.92 Å². The Morgan fingerprint density at radius 3 is 2.50 bits per heavy atom. The van der Waals surface area contributed by atoms with Gasteiger partial charge in [0.05, 0.1) is 11.5 Å². The van der Waals surface area contributed by atoms with Crippen LogP contribution in [0.25, 0.3) is 0 Å². The molecular weight excluding hydrogens is 369 g/mol. The van der Waals surface area contributed by atoms with Crippen molar-refractivity contribution >= 4 is 34.8 Å². The molecule has 1 atom stereocenters. The van der Waals surface area contributed by atoms with E-state index in [4.69, 9.17) is 11.6 Å². The number of nitrogens with zero attached hydrogens (tertiary/aromatic N) is 1. The van der Waals surface area contributed by atoms with Crippen LogP contribution in [0.3, 0.4) is 0 Å². The lowest BCUT2D eigenvalue weighted by atomic mass is 10.1. The summed E-state index contributed by atoms with van der Waals surface area (Å²) < 4.78 is 38.3. The molecule has 2 amide bonds. The predicted octanol–water partition coefficient (Wildman–Crippen LogP) is 4.35. The lowest BCUT2D eigenvalue weighted by Gasteiger charge is -2.17. The largest absolute Gasteiger partial charge is 0.416 e. The molecular formula is C18H14ClF3N2O2. The minimum atomic E-state index is -4.49. The molecule has 1 fully saturated rings. The standard InChI is InChI=1S/C18H14ClF3N2O2/c19-13-4-6-15(7-5-13)24-10-11(8-16(24)25)17(26)23-14-3-1-2-12(9-14)18(20,21)22/h1-7,9,11H,8,10H2,(H,23,26). The van der Waals surface area contributed by atoms with Crippen molar-refractivity contribution < 1.29 is 22.8 Å². The fourth-order valence-electron chi connectivity index (χ4n) is 2.77. The molecule has 3 rings (SSSR count). The van der Waals surface area contributed by atoms with E-state index in [2.05, 4.69) is 5.32 Å². The first-order valence-corrected chi connectivity index (χ1v) is 8.16. The lowest BCUT2D eigenvalue weighted by Crippen LogP contribution is -2.28. The maximum absolute atomic E-state index is 12.8. The number of carbonyl (C=O) groups excluding carboxylic acids is 2. The number of alkyl halides is 3. The Morgan fingerprint density at radius 2 is 1.85 bits per heavy atom. The van der Waals surface area contributed by atoms with Crippen molar-refractivity contribution in [1.29, 1.82) is 0 Å². The van der Waals surface area contributed by atoms with Crippen molar-refractivity contribution in [3.05, 3.63) is 59.1 Å². The molecule has 1 aliphatic rings. The topological polar surface area (TPSA) is 49.4 Å². The number of amides is 2. The molecule has 0 spiro atoms. The number of hydrogen-bond acceptors (Lipinski definition) is 2. The number of rotatable bonds is 3. The van der Waals surface area contributed by atoms with Gasteiger partial charge in [0.25, 0.3) is 0 Å². The molecule has 1 N–H and O–H groups in total. The number of carbonyl (C=O) groups is 2. The molecule has 2 aromatic rings. The molecule has 1 saturated heterocycles. The van der Waals surface area contributed by atoms with E-state index in [0.717, 1.165) is 12.1 Å². The van der Waals surface area contributed by atoms with Gasteiger partial charge in [0.2, 0.25) is 11.8 Å². The summed E-state index contributed by atoms with van der Waals surface area (Å²) in [7, 11) is 0. The number of halogens is 4. The van der Waals surface area contributed by atoms with Crippen molar-refractivity contribution in [2.45, 2.75) is 12.6 Å². The molecule has 1 unspecified atom stereocenters. The van der Waals surface area contributed by atoms with Gasteiger partial charge in [0, 0.05) is 29.4 Å². The summed E-state index contributed by atoms with van der Waals surface area (Å²) in [6, 6.07) is 11.0. The van der Waals surface area contributed by atoms with Crippen LogP contribution in [0.5, 0.6) is 0 Å². The highest BCUT2D eigenvalue weighted by atomic mass is 35.5. The average molecular weight is 383 g/mol. The maximum Gasteiger partial charge on any atom is 0.416 e. The molecule has 0 bridgehead atoms. The highest BCUT2D eigenvalue weighted by molar-refractivity contribution is 6.30. The molecule has 1 heterocycles. The monoisotopic (exact) mass is 382 g/mol. The Morgan fingerprint density at radius 1 is 1.15 bits per heavy atom. The summed E-state index contributed by atoms with van der Waals surface area (Å²) in [6.07, 6.45) is -4.50. The zero-order valence-corrected chi connectivity index (χ0v) is 14.1. The van der Waals surface area contributed by atoms with E-state index in [1.807, 2.05) is 0 Å². The first kappa shape index (κ1) is 18.3. The molecule has 0 aliphatic carbocycles. The van der Waals surface area contributed by atoms with Gasteiger partial charge in [-0.2, -0.15) is 13.2 Å². The third-order valence-electron chi connectivity index (χ3n) is 4.09. The molecule has 1 aliphatic heterocycles. The van der Waals surface area contributed by atoms with Gasteiger partial charge < -0.3 is 10.2 Å². The van der Waals surface area contributed by atoms with E-state index in [0.29, 0.717) is 10.7 Å². The number of anilines is 2. The highest BCUT2D eigenvalue weighted by Crippen LogP contribution is 2.31. The summed E-state index contributed by atoms with van der Waals surface area (Å²) in [5, 5.41) is 2.99. The van der Waals surface area contributed by atoms with Gasteiger partial charge >= 0.3 is 6.18 Å². The van der Waals surface area contributed by atoms with Gasteiger partial charge in [-0.05, 0) is 42.5 Å². The first-order valence-electron chi connectivity index (χ1n) is 7.78. The lowest BCUT2D eigenvalue weighted by molar-refractivity contribution is -0.137. The predicted molar refractivity (Wildman–Crippen MR) is 92.0 cm³/mol. The van der Waals surface area contributed by atoms with Crippen LogP contribution in [-0.4, -0.2) is 18.4 Å². The summed E-state index contributed by atoms with van der Waals surface area (Å²) >= 11 is 5.82. The Labute approximate surface area is 152 Å². The Kier molecular flexibility index (Phi) is 4.91. The highest BCUT2D eigenvalue weighted by Gasteiger charge is 2.35. The minimum absolute atomic E-state index is 0.00653.